The van der Waals surface area contributed by atoms with Crippen molar-refractivity contribution in [2.75, 3.05) is 12.4 Å². The quantitative estimate of drug-likeness (QED) is 0.899. The van der Waals surface area contributed by atoms with Crippen LogP contribution in [0.15, 0.2) is 18.5 Å². The molecule has 0 spiro atoms. The largest absolute Gasteiger partial charge is 0.373 e. The lowest BCUT2D eigenvalue weighted by atomic mass is 10.2. The maximum Gasteiger partial charge on any atom is 0.133 e. The van der Waals surface area contributed by atoms with Gasteiger partial charge in [-0.05, 0) is 6.92 Å². The summed E-state index contributed by atoms with van der Waals surface area (Å²) in [5.74, 6) is 1.99. The highest BCUT2D eigenvalue weighted by Crippen LogP contribution is 2.21. The molecule has 5 nitrogen and oxygen atoms in total. The molecule has 2 rings (SSSR count). The van der Waals surface area contributed by atoms with Gasteiger partial charge in [0.15, 0.2) is 0 Å². The third-order valence-electron chi connectivity index (χ3n) is 2.77. The predicted octanol–water partition coefficient (Wildman–Crippen LogP) is 2.53. The number of aryl methyl sites for hydroxylation is 1. The van der Waals surface area contributed by atoms with Gasteiger partial charge in [0.25, 0.3) is 0 Å². The minimum Gasteiger partial charge on any atom is -0.373 e. The fraction of sp³-hybridized carbons (Fsp3) is 0.462. The zero-order chi connectivity index (χ0) is 13.1. The molecule has 2 aromatic heterocycles. The van der Waals surface area contributed by atoms with Crippen LogP contribution < -0.4 is 5.32 Å². The Morgan fingerprint density at radius 1 is 1.33 bits per heavy atom. The Hall–Kier alpha value is -1.91. The first-order valence-corrected chi connectivity index (χ1v) is 6.23. The average molecular weight is 245 g/mol. The van der Waals surface area contributed by atoms with Crippen molar-refractivity contribution < 1.29 is 0 Å². The maximum atomic E-state index is 4.59. The minimum atomic E-state index is 0.304. The van der Waals surface area contributed by atoms with Gasteiger partial charge >= 0.3 is 0 Å². The Morgan fingerprint density at radius 2 is 2.11 bits per heavy atom. The van der Waals surface area contributed by atoms with Crippen LogP contribution in [0.25, 0.3) is 11.3 Å². The zero-order valence-corrected chi connectivity index (χ0v) is 11.3. The van der Waals surface area contributed by atoms with E-state index in [1.165, 1.54) is 0 Å². The summed E-state index contributed by atoms with van der Waals surface area (Å²) >= 11 is 0. The second kappa shape index (κ2) is 5.16. The van der Waals surface area contributed by atoms with Gasteiger partial charge in [-0.25, -0.2) is 9.97 Å². The average Bonchev–Trinajstić information content (AvgIpc) is 2.86. The molecule has 0 aliphatic heterocycles. The topological polar surface area (TPSA) is 55.6 Å². The lowest BCUT2D eigenvalue weighted by molar-refractivity contribution is 0.660. The lowest BCUT2D eigenvalue weighted by Crippen LogP contribution is -2.03. The molecule has 0 saturated carbocycles. The van der Waals surface area contributed by atoms with Gasteiger partial charge in [0, 0.05) is 37.3 Å². The molecule has 0 fully saturated rings. The first kappa shape index (κ1) is 12.5. The van der Waals surface area contributed by atoms with E-state index in [0.717, 1.165) is 29.4 Å². The fourth-order valence-corrected chi connectivity index (χ4v) is 1.67. The van der Waals surface area contributed by atoms with Crippen molar-refractivity contribution >= 4 is 5.82 Å². The van der Waals surface area contributed by atoms with E-state index in [-0.39, 0.29) is 0 Å². The maximum absolute atomic E-state index is 4.59. The number of anilines is 1. The Bertz CT molecular complexity index is 530. The molecule has 1 N–H and O–H groups in total. The smallest absolute Gasteiger partial charge is 0.133 e. The molecule has 18 heavy (non-hydrogen) atoms. The van der Waals surface area contributed by atoms with Gasteiger partial charge in [0.2, 0.25) is 0 Å². The lowest BCUT2D eigenvalue weighted by Gasteiger charge is -2.08. The Labute approximate surface area is 107 Å². The normalized spacial score (nSPS) is 10.9. The van der Waals surface area contributed by atoms with Crippen LogP contribution in [-0.4, -0.2) is 26.8 Å². The summed E-state index contributed by atoms with van der Waals surface area (Å²) in [4.78, 5) is 9.05. The Balaban J connectivity index is 2.45. The SMILES string of the molecule is CCn1cc(-c2cc(NC)nc(C(C)C)n2)cn1. The van der Waals surface area contributed by atoms with Crippen molar-refractivity contribution in [3.8, 4) is 11.3 Å². The van der Waals surface area contributed by atoms with Crippen molar-refractivity contribution in [3.05, 3.63) is 24.3 Å². The summed E-state index contributed by atoms with van der Waals surface area (Å²) in [7, 11) is 1.87. The van der Waals surface area contributed by atoms with Crippen molar-refractivity contribution in [1.82, 2.24) is 19.7 Å². The monoisotopic (exact) mass is 245 g/mol. The molecule has 5 heteroatoms. The molecule has 2 heterocycles. The van der Waals surface area contributed by atoms with Crippen molar-refractivity contribution in [2.24, 2.45) is 0 Å². The molecule has 0 atom stereocenters. The molecule has 0 aliphatic carbocycles. The third kappa shape index (κ3) is 2.50. The summed E-state index contributed by atoms with van der Waals surface area (Å²) < 4.78 is 1.89. The fourth-order valence-electron chi connectivity index (χ4n) is 1.67. The molecule has 0 bridgehead atoms. The molecule has 0 amide bonds. The number of nitrogens with zero attached hydrogens (tertiary/aromatic N) is 4. The van der Waals surface area contributed by atoms with E-state index in [2.05, 4.69) is 41.2 Å². The van der Waals surface area contributed by atoms with Crippen LogP contribution in [0.1, 0.15) is 32.5 Å². The first-order chi connectivity index (χ1) is 8.63. The van der Waals surface area contributed by atoms with Gasteiger partial charge in [-0.3, -0.25) is 4.68 Å². The van der Waals surface area contributed by atoms with Crippen LogP contribution in [0.5, 0.6) is 0 Å². The minimum absolute atomic E-state index is 0.304. The van der Waals surface area contributed by atoms with Gasteiger partial charge in [0.05, 0.1) is 11.9 Å². The van der Waals surface area contributed by atoms with Gasteiger partial charge in [-0.1, -0.05) is 13.8 Å². The number of hydrogen-bond donors (Lipinski definition) is 1. The van der Waals surface area contributed by atoms with Crippen LogP contribution >= 0.6 is 0 Å². The molecule has 0 aromatic carbocycles. The van der Waals surface area contributed by atoms with Crippen LogP contribution in [-0.2, 0) is 6.54 Å². The second-order valence-electron chi connectivity index (χ2n) is 4.49. The van der Waals surface area contributed by atoms with E-state index in [9.17, 15) is 0 Å². The van der Waals surface area contributed by atoms with Crippen LogP contribution in [0.3, 0.4) is 0 Å². The van der Waals surface area contributed by atoms with E-state index < -0.39 is 0 Å². The van der Waals surface area contributed by atoms with Gasteiger partial charge < -0.3 is 5.32 Å². The zero-order valence-electron chi connectivity index (χ0n) is 11.3. The Kier molecular flexibility index (Phi) is 3.60. The van der Waals surface area contributed by atoms with Crippen molar-refractivity contribution in [1.29, 1.82) is 0 Å². The standard InChI is InChI=1S/C13H19N5/c1-5-18-8-10(7-15-18)11-6-12(14-4)17-13(16-11)9(2)3/h6-9H,5H2,1-4H3,(H,14,16,17). The molecule has 0 saturated heterocycles. The molecule has 0 radical (unpaired) electrons. The van der Waals surface area contributed by atoms with E-state index in [4.69, 9.17) is 0 Å². The summed E-state index contributed by atoms with van der Waals surface area (Å²) in [5.41, 5.74) is 1.94. The van der Waals surface area contributed by atoms with Crippen molar-refractivity contribution in [3.63, 3.8) is 0 Å². The Morgan fingerprint density at radius 3 is 2.67 bits per heavy atom. The molecule has 0 aliphatic rings. The number of hydrogen-bond acceptors (Lipinski definition) is 4. The number of nitrogens with one attached hydrogen (secondary N) is 1. The van der Waals surface area contributed by atoms with E-state index in [1.54, 1.807) is 0 Å². The number of rotatable bonds is 4. The second-order valence-corrected chi connectivity index (χ2v) is 4.49. The summed E-state index contributed by atoms with van der Waals surface area (Å²) in [5, 5.41) is 7.35. The van der Waals surface area contributed by atoms with Crippen LogP contribution in [0.2, 0.25) is 0 Å². The summed E-state index contributed by atoms with van der Waals surface area (Å²) in [6.07, 6.45) is 3.85. The van der Waals surface area contributed by atoms with Gasteiger partial charge in [0.1, 0.15) is 11.6 Å². The molecule has 2 aromatic rings. The van der Waals surface area contributed by atoms with Gasteiger partial charge in [-0.15, -0.1) is 0 Å². The van der Waals surface area contributed by atoms with E-state index >= 15 is 0 Å². The predicted molar refractivity (Wildman–Crippen MR) is 72.6 cm³/mol. The first-order valence-electron chi connectivity index (χ1n) is 6.23. The van der Waals surface area contributed by atoms with Crippen molar-refractivity contribution in [2.45, 2.75) is 33.2 Å². The van der Waals surface area contributed by atoms with Gasteiger partial charge in [-0.2, -0.15) is 5.10 Å². The van der Waals surface area contributed by atoms with Crippen LogP contribution in [0, 0.1) is 0 Å². The molecular weight excluding hydrogens is 226 g/mol. The molecule has 0 unspecified atom stereocenters. The molecular formula is C13H19N5. The molecule has 96 valence electrons. The number of aromatic nitrogens is 4. The highest BCUT2D eigenvalue weighted by Gasteiger charge is 2.10. The highest BCUT2D eigenvalue weighted by molar-refractivity contribution is 5.60. The summed E-state index contributed by atoms with van der Waals surface area (Å²) in [6, 6.07) is 1.95. The highest BCUT2D eigenvalue weighted by atomic mass is 15.3. The third-order valence-corrected chi connectivity index (χ3v) is 2.77. The van der Waals surface area contributed by atoms with E-state index in [1.807, 2.05) is 30.2 Å². The van der Waals surface area contributed by atoms with E-state index in [0.29, 0.717) is 5.92 Å². The summed E-state index contributed by atoms with van der Waals surface area (Å²) in [6.45, 7) is 7.11. The van der Waals surface area contributed by atoms with Crippen LogP contribution in [0.4, 0.5) is 5.82 Å².